The Morgan fingerprint density at radius 1 is 0.929 bits per heavy atom. The average molecular weight is 375 g/mol. The SMILES string of the molecule is Cc1cc(C)c(Nc2cc(C(=O)Nc3ccc(N(C)C)cc3)ncn2)c(C)c1. The van der Waals surface area contributed by atoms with Gasteiger partial charge >= 0.3 is 0 Å². The zero-order chi connectivity index (χ0) is 20.3. The number of aryl methyl sites for hydroxylation is 3. The van der Waals surface area contributed by atoms with Crippen molar-refractivity contribution in [2.75, 3.05) is 29.6 Å². The number of anilines is 4. The second-order valence-corrected chi connectivity index (χ2v) is 7.08. The summed E-state index contributed by atoms with van der Waals surface area (Å²) in [5.41, 5.74) is 6.55. The first-order chi connectivity index (χ1) is 13.3. The zero-order valence-electron chi connectivity index (χ0n) is 16.9. The number of aromatic nitrogens is 2. The van der Waals surface area contributed by atoms with Crippen molar-refractivity contribution in [3.05, 3.63) is 71.2 Å². The number of amides is 1. The van der Waals surface area contributed by atoms with Crippen molar-refractivity contribution in [1.82, 2.24) is 9.97 Å². The van der Waals surface area contributed by atoms with Gasteiger partial charge in [0.15, 0.2) is 0 Å². The van der Waals surface area contributed by atoms with E-state index in [1.165, 1.54) is 11.9 Å². The lowest BCUT2D eigenvalue weighted by atomic mass is 10.1. The Morgan fingerprint density at radius 3 is 2.18 bits per heavy atom. The summed E-state index contributed by atoms with van der Waals surface area (Å²) >= 11 is 0. The van der Waals surface area contributed by atoms with E-state index >= 15 is 0 Å². The zero-order valence-corrected chi connectivity index (χ0v) is 16.9. The Labute approximate surface area is 165 Å². The van der Waals surface area contributed by atoms with Gasteiger partial charge in [-0.15, -0.1) is 0 Å². The highest BCUT2D eigenvalue weighted by atomic mass is 16.1. The van der Waals surface area contributed by atoms with Crippen molar-refractivity contribution < 1.29 is 4.79 Å². The van der Waals surface area contributed by atoms with Gasteiger partial charge in [-0.1, -0.05) is 17.7 Å². The molecule has 0 saturated heterocycles. The predicted molar refractivity (Wildman–Crippen MR) is 115 cm³/mol. The van der Waals surface area contributed by atoms with Crippen molar-refractivity contribution in [1.29, 1.82) is 0 Å². The summed E-state index contributed by atoms with van der Waals surface area (Å²) in [6.07, 6.45) is 1.39. The molecule has 0 bridgehead atoms. The summed E-state index contributed by atoms with van der Waals surface area (Å²) in [6.45, 7) is 6.17. The Kier molecular flexibility index (Phi) is 5.59. The average Bonchev–Trinajstić information content (AvgIpc) is 2.65. The minimum atomic E-state index is -0.277. The molecule has 6 heteroatoms. The Balaban J connectivity index is 1.76. The third-order valence-electron chi connectivity index (χ3n) is 4.47. The van der Waals surface area contributed by atoms with Gasteiger partial charge in [0, 0.05) is 37.2 Å². The van der Waals surface area contributed by atoms with Crippen LogP contribution in [0.15, 0.2) is 48.8 Å². The van der Waals surface area contributed by atoms with Crippen molar-refractivity contribution in [3.63, 3.8) is 0 Å². The van der Waals surface area contributed by atoms with Crippen molar-refractivity contribution >= 4 is 28.8 Å². The highest BCUT2D eigenvalue weighted by molar-refractivity contribution is 6.03. The summed E-state index contributed by atoms with van der Waals surface area (Å²) < 4.78 is 0. The fourth-order valence-electron chi connectivity index (χ4n) is 3.09. The summed E-state index contributed by atoms with van der Waals surface area (Å²) in [4.78, 5) is 22.9. The predicted octanol–water partition coefficient (Wildman–Crippen LogP) is 4.46. The van der Waals surface area contributed by atoms with Crippen LogP contribution in [0.25, 0.3) is 0 Å². The Hall–Kier alpha value is -3.41. The molecule has 1 aromatic heterocycles. The summed E-state index contributed by atoms with van der Waals surface area (Å²) in [5.74, 6) is 0.304. The first-order valence-corrected chi connectivity index (χ1v) is 9.09. The number of benzene rings is 2. The Morgan fingerprint density at radius 2 is 1.57 bits per heavy atom. The van der Waals surface area contributed by atoms with Gasteiger partial charge in [-0.25, -0.2) is 9.97 Å². The molecule has 1 heterocycles. The van der Waals surface area contributed by atoms with Crippen molar-refractivity contribution in [3.8, 4) is 0 Å². The standard InChI is InChI=1S/C22H25N5O/c1-14-10-15(2)21(16(3)11-14)26-20-12-19(23-13-24-20)22(28)25-17-6-8-18(9-7-17)27(4)5/h6-13H,1-5H3,(H,25,28)(H,23,24,26). The molecule has 0 atom stereocenters. The largest absolute Gasteiger partial charge is 0.378 e. The monoisotopic (exact) mass is 375 g/mol. The first-order valence-electron chi connectivity index (χ1n) is 9.09. The van der Waals surface area contributed by atoms with Crippen molar-refractivity contribution in [2.45, 2.75) is 20.8 Å². The minimum absolute atomic E-state index is 0.277. The molecule has 2 aromatic carbocycles. The van der Waals surface area contributed by atoms with E-state index < -0.39 is 0 Å². The smallest absolute Gasteiger partial charge is 0.274 e. The van der Waals surface area contributed by atoms with Gasteiger partial charge in [-0.2, -0.15) is 0 Å². The molecule has 6 nitrogen and oxygen atoms in total. The number of hydrogen-bond acceptors (Lipinski definition) is 5. The van der Waals surface area contributed by atoms with Gasteiger partial charge in [0.25, 0.3) is 5.91 Å². The second-order valence-electron chi connectivity index (χ2n) is 7.08. The molecule has 0 aliphatic rings. The maximum atomic E-state index is 12.6. The molecule has 0 aliphatic heterocycles. The lowest BCUT2D eigenvalue weighted by Crippen LogP contribution is -2.15. The maximum absolute atomic E-state index is 12.6. The van der Waals surface area contributed by atoms with E-state index in [-0.39, 0.29) is 5.91 Å². The van der Waals surface area contributed by atoms with Crippen LogP contribution in [-0.2, 0) is 0 Å². The number of carbonyl (C=O) groups is 1. The number of nitrogens with zero attached hydrogens (tertiary/aromatic N) is 3. The van der Waals surface area contributed by atoms with Gasteiger partial charge in [-0.05, 0) is 56.2 Å². The minimum Gasteiger partial charge on any atom is -0.378 e. The highest BCUT2D eigenvalue weighted by Crippen LogP contribution is 2.25. The van der Waals surface area contributed by atoms with Crippen LogP contribution in [-0.4, -0.2) is 30.0 Å². The molecule has 28 heavy (non-hydrogen) atoms. The van der Waals surface area contributed by atoms with Crippen molar-refractivity contribution in [2.24, 2.45) is 0 Å². The van der Waals surface area contributed by atoms with Crippen LogP contribution >= 0.6 is 0 Å². The fraction of sp³-hybridized carbons (Fsp3) is 0.227. The number of nitrogens with one attached hydrogen (secondary N) is 2. The molecule has 3 aromatic rings. The van der Waals surface area contributed by atoms with Gasteiger partial charge in [0.1, 0.15) is 17.8 Å². The van der Waals surface area contributed by atoms with Crippen LogP contribution in [0.5, 0.6) is 0 Å². The lowest BCUT2D eigenvalue weighted by molar-refractivity contribution is 0.102. The van der Waals surface area contributed by atoms with Crippen LogP contribution in [0, 0.1) is 20.8 Å². The van der Waals surface area contributed by atoms with Crippen LogP contribution in [0.4, 0.5) is 22.9 Å². The molecule has 0 unspecified atom stereocenters. The lowest BCUT2D eigenvalue weighted by Gasteiger charge is -2.14. The van der Waals surface area contributed by atoms with Crippen LogP contribution < -0.4 is 15.5 Å². The molecule has 144 valence electrons. The third kappa shape index (κ3) is 4.46. The Bertz CT molecular complexity index is 973. The molecular formula is C22H25N5O. The third-order valence-corrected chi connectivity index (χ3v) is 4.47. The van der Waals surface area contributed by atoms with Gasteiger partial charge in [0.05, 0.1) is 0 Å². The second kappa shape index (κ2) is 8.08. The highest BCUT2D eigenvalue weighted by Gasteiger charge is 2.11. The van der Waals surface area contributed by atoms with Gasteiger partial charge < -0.3 is 15.5 Å². The molecule has 0 saturated carbocycles. The molecule has 0 radical (unpaired) electrons. The molecule has 0 aliphatic carbocycles. The van der Waals surface area contributed by atoms with Crippen LogP contribution in [0.1, 0.15) is 27.2 Å². The van der Waals surface area contributed by atoms with Crippen LogP contribution in [0.3, 0.4) is 0 Å². The van der Waals surface area contributed by atoms with E-state index in [4.69, 9.17) is 0 Å². The number of rotatable bonds is 5. The van der Waals surface area contributed by atoms with Gasteiger partial charge in [-0.3, -0.25) is 4.79 Å². The van der Waals surface area contributed by atoms with E-state index in [0.717, 1.165) is 22.5 Å². The van der Waals surface area contributed by atoms with E-state index in [1.54, 1.807) is 6.07 Å². The summed E-state index contributed by atoms with van der Waals surface area (Å²) in [5, 5.41) is 6.18. The molecule has 2 N–H and O–H groups in total. The normalized spacial score (nSPS) is 10.5. The number of hydrogen-bond donors (Lipinski definition) is 2. The first kappa shape index (κ1) is 19.4. The molecule has 3 rings (SSSR count). The molecule has 1 amide bonds. The molecule has 0 fully saturated rings. The number of carbonyl (C=O) groups excluding carboxylic acids is 1. The van der Waals surface area contributed by atoms with Crippen LogP contribution in [0.2, 0.25) is 0 Å². The molecular weight excluding hydrogens is 350 g/mol. The van der Waals surface area contributed by atoms with E-state index in [0.29, 0.717) is 17.2 Å². The van der Waals surface area contributed by atoms with E-state index in [1.807, 2.05) is 43.3 Å². The van der Waals surface area contributed by atoms with Gasteiger partial charge in [0.2, 0.25) is 0 Å². The summed E-state index contributed by atoms with van der Waals surface area (Å²) in [7, 11) is 3.95. The topological polar surface area (TPSA) is 70.2 Å². The summed E-state index contributed by atoms with van der Waals surface area (Å²) in [6, 6.07) is 13.5. The van der Waals surface area contributed by atoms with E-state index in [9.17, 15) is 4.79 Å². The van der Waals surface area contributed by atoms with E-state index in [2.05, 4.69) is 53.5 Å². The maximum Gasteiger partial charge on any atom is 0.274 e. The quantitative estimate of drug-likeness (QED) is 0.689. The fourth-order valence-corrected chi connectivity index (χ4v) is 3.09. The molecule has 0 spiro atoms.